The topological polar surface area (TPSA) is 65.5 Å². The largest absolute Gasteiger partial charge is 0.393 e. The van der Waals surface area contributed by atoms with Gasteiger partial charge in [-0.05, 0) is 38.7 Å². The molecule has 3 heterocycles. The van der Waals surface area contributed by atoms with E-state index in [1.54, 1.807) is 12.3 Å². The first-order chi connectivity index (χ1) is 10.1. The number of fused-ring (bicyclic) bond motifs is 2. The quantitative estimate of drug-likeness (QED) is 0.899. The van der Waals surface area contributed by atoms with Gasteiger partial charge in [0, 0.05) is 24.8 Å². The van der Waals surface area contributed by atoms with Crippen LogP contribution < -0.4 is 5.32 Å². The molecule has 6 heteroatoms. The van der Waals surface area contributed by atoms with Crippen LogP contribution in [0.3, 0.4) is 0 Å². The molecule has 2 aliphatic heterocycles. The Morgan fingerprint density at radius 2 is 2.14 bits per heavy atom. The van der Waals surface area contributed by atoms with E-state index < -0.39 is 0 Å². The van der Waals surface area contributed by atoms with Crippen molar-refractivity contribution in [1.29, 1.82) is 0 Å². The zero-order chi connectivity index (χ0) is 15.0. The Morgan fingerprint density at radius 1 is 1.48 bits per heavy atom. The number of aliphatic hydroxyl groups excluding tert-OH is 1. The molecule has 2 unspecified atom stereocenters. The SMILES string of the molecule is CCNc1ncc(C(=O)N2C3CCC2CC(O)C3)cc1Cl. The first kappa shape index (κ1) is 14.6. The van der Waals surface area contributed by atoms with Crippen molar-refractivity contribution >= 4 is 23.3 Å². The molecule has 2 fully saturated rings. The molecule has 0 aromatic carbocycles. The molecule has 114 valence electrons. The third-order valence-corrected chi connectivity index (χ3v) is 4.66. The Hall–Kier alpha value is -1.33. The third-order valence-electron chi connectivity index (χ3n) is 4.38. The second-order valence-corrected chi connectivity index (χ2v) is 6.21. The Kier molecular flexibility index (Phi) is 4.04. The number of nitrogens with one attached hydrogen (secondary N) is 1. The standard InChI is InChI=1S/C15H20ClN3O2/c1-2-17-14-13(16)5-9(8-18-14)15(21)19-10-3-4-11(19)7-12(20)6-10/h5,8,10-12,20H,2-4,6-7H2,1H3,(H,17,18). The zero-order valence-electron chi connectivity index (χ0n) is 12.1. The molecular weight excluding hydrogens is 290 g/mol. The Bertz CT molecular complexity index is 538. The highest BCUT2D eigenvalue weighted by Gasteiger charge is 2.43. The van der Waals surface area contributed by atoms with Gasteiger partial charge in [-0.3, -0.25) is 4.79 Å². The van der Waals surface area contributed by atoms with E-state index in [1.165, 1.54) is 0 Å². The molecule has 1 aromatic rings. The molecule has 0 saturated carbocycles. The maximum atomic E-state index is 12.7. The van der Waals surface area contributed by atoms with E-state index in [0.29, 0.717) is 29.2 Å². The number of aromatic nitrogens is 1. The van der Waals surface area contributed by atoms with Crippen molar-refractivity contribution in [2.75, 3.05) is 11.9 Å². The number of piperidine rings is 1. The first-order valence-corrected chi connectivity index (χ1v) is 7.88. The number of pyridine rings is 1. The summed E-state index contributed by atoms with van der Waals surface area (Å²) in [6, 6.07) is 1.98. The number of hydrogen-bond donors (Lipinski definition) is 2. The van der Waals surface area contributed by atoms with Crippen LogP contribution in [0.4, 0.5) is 5.82 Å². The van der Waals surface area contributed by atoms with Gasteiger partial charge in [-0.1, -0.05) is 11.6 Å². The number of aliphatic hydroxyl groups is 1. The van der Waals surface area contributed by atoms with Crippen LogP contribution in [0.15, 0.2) is 12.3 Å². The summed E-state index contributed by atoms with van der Waals surface area (Å²) in [6.45, 7) is 2.70. The van der Waals surface area contributed by atoms with Crippen LogP contribution in [0, 0.1) is 0 Å². The summed E-state index contributed by atoms with van der Waals surface area (Å²) in [5.74, 6) is 0.583. The number of anilines is 1. The van der Waals surface area contributed by atoms with E-state index in [4.69, 9.17) is 11.6 Å². The molecule has 5 nitrogen and oxygen atoms in total. The fourth-order valence-corrected chi connectivity index (χ4v) is 3.71. The fraction of sp³-hybridized carbons (Fsp3) is 0.600. The molecule has 2 aliphatic rings. The van der Waals surface area contributed by atoms with Crippen LogP contribution in [0.1, 0.15) is 43.0 Å². The van der Waals surface area contributed by atoms with E-state index in [9.17, 15) is 9.90 Å². The lowest BCUT2D eigenvalue weighted by Gasteiger charge is -2.37. The van der Waals surface area contributed by atoms with Gasteiger partial charge in [-0.15, -0.1) is 0 Å². The van der Waals surface area contributed by atoms with Gasteiger partial charge >= 0.3 is 0 Å². The highest BCUT2D eigenvalue weighted by Crippen LogP contribution is 2.37. The maximum absolute atomic E-state index is 12.7. The van der Waals surface area contributed by atoms with Crippen LogP contribution in [-0.2, 0) is 0 Å². The minimum absolute atomic E-state index is 0.0214. The van der Waals surface area contributed by atoms with Gasteiger partial charge in [-0.2, -0.15) is 0 Å². The van der Waals surface area contributed by atoms with Gasteiger partial charge in [0.05, 0.1) is 16.7 Å². The minimum atomic E-state index is -0.274. The van der Waals surface area contributed by atoms with E-state index in [2.05, 4.69) is 10.3 Å². The lowest BCUT2D eigenvalue weighted by Crippen LogP contribution is -2.48. The van der Waals surface area contributed by atoms with Gasteiger partial charge < -0.3 is 15.3 Å². The number of halogens is 1. The molecule has 2 bridgehead atoms. The van der Waals surface area contributed by atoms with Crippen molar-refractivity contribution in [2.45, 2.75) is 50.8 Å². The molecule has 2 saturated heterocycles. The monoisotopic (exact) mass is 309 g/mol. The summed E-state index contributed by atoms with van der Waals surface area (Å²) in [5.41, 5.74) is 0.523. The number of rotatable bonds is 3. The smallest absolute Gasteiger partial charge is 0.255 e. The Morgan fingerprint density at radius 3 is 2.71 bits per heavy atom. The zero-order valence-corrected chi connectivity index (χ0v) is 12.8. The molecule has 1 amide bonds. The summed E-state index contributed by atoms with van der Waals surface area (Å²) in [7, 11) is 0. The molecule has 0 radical (unpaired) electrons. The molecule has 2 N–H and O–H groups in total. The summed E-state index contributed by atoms with van der Waals surface area (Å²) >= 11 is 6.17. The van der Waals surface area contributed by atoms with Crippen molar-refractivity contribution in [3.63, 3.8) is 0 Å². The highest BCUT2D eigenvalue weighted by molar-refractivity contribution is 6.33. The average Bonchev–Trinajstić information content (AvgIpc) is 2.72. The van der Waals surface area contributed by atoms with Gasteiger partial charge in [-0.25, -0.2) is 4.98 Å². The van der Waals surface area contributed by atoms with Gasteiger partial charge in [0.25, 0.3) is 5.91 Å². The summed E-state index contributed by atoms with van der Waals surface area (Å²) in [6.07, 6.45) is 4.62. The average molecular weight is 310 g/mol. The first-order valence-electron chi connectivity index (χ1n) is 7.50. The minimum Gasteiger partial charge on any atom is -0.393 e. The van der Waals surface area contributed by atoms with Crippen molar-refractivity contribution in [1.82, 2.24) is 9.88 Å². The van der Waals surface area contributed by atoms with E-state index in [1.807, 2.05) is 11.8 Å². The Balaban J connectivity index is 1.81. The van der Waals surface area contributed by atoms with Crippen LogP contribution in [0.2, 0.25) is 5.02 Å². The third kappa shape index (κ3) is 2.72. The van der Waals surface area contributed by atoms with Crippen LogP contribution in [0.5, 0.6) is 0 Å². The molecular formula is C15H20ClN3O2. The maximum Gasteiger partial charge on any atom is 0.255 e. The lowest BCUT2D eigenvalue weighted by atomic mass is 9.99. The van der Waals surface area contributed by atoms with E-state index in [-0.39, 0.29) is 24.1 Å². The van der Waals surface area contributed by atoms with Gasteiger partial charge in [0.1, 0.15) is 5.82 Å². The van der Waals surface area contributed by atoms with E-state index >= 15 is 0 Å². The normalized spacial score (nSPS) is 27.8. The highest BCUT2D eigenvalue weighted by atomic mass is 35.5. The second kappa shape index (κ2) is 5.81. The summed E-state index contributed by atoms with van der Waals surface area (Å²) in [5, 5.41) is 13.3. The Labute approximate surface area is 129 Å². The van der Waals surface area contributed by atoms with Gasteiger partial charge in [0.15, 0.2) is 0 Å². The summed E-state index contributed by atoms with van der Waals surface area (Å²) in [4.78, 5) is 18.9. The molecule has 1 aromatic heterocycles. The molecule has 0 aliphatic carbocycles. The number of hydrogen-bond acceptors (Lipinski definition) is 4. The summed E-state index contributed by atoms with van der Waals surface area (Å²) < 4.78 is 0. The van der Waals surface area contributed by atoms with E-state index in [0.717, 1.165) is 19.4 Å². The fourth-order valence-electron chi connectivity index (χ4n) is 3.48. The van der Waals surface area contributed by atoms with Crippen LogP contribution >= 0.6 is 11.6 Å². The van der Waals surface area contributed by atoms with Crippen LogP contribution in [-0.4, -0.2) is 45.6 Å². The second-order valence-electron chi connectivity index (χ2n) is 5.81. The van der Waals surface area contributed by atoms with Crippen LogP contribution in [0.25, 0.3) is 0 Å². The number of carbonyl (C=O) groups excluding carboxylic acids is 1. The number of carbonyl (C=O) groups is 1. The predicted molar refractivity (Wildman–Crippen MR) is 81.6 cm³/mol. The lowest BCUT2D eigenvalue weighted by molar-refractivity contribution is 0.0286. The predicted octanol–water partition coefficient (Wildman–Crippen LogP) is 2.29. The van der Waals surface area contributed by atoms with Crippen molar-refractivity contribution < 1.29 is 9.90 Å². The number of nitrogens with zero attached hydrogens (tertiary/aromatic N) is 2. The van der Waals surface area contributed by atoms with Gasteiger partial charge in [0.2, 0.25) is 0 Å². The molecule has 3 rings (SSSR count). The van der Waals surface area contributed by atoms with Crippen molar-refractivity contribution in [3.8, 4) is 0 Å². The number of amides is 1. The van der Waals surface area contributed by atoms with Crippen molar-refractivity contribution in [2.24, 2.45) is 0 Å². The molecule has 0 spiro atoms. The van der Waals surface area contributed by atoms with Crippen molar-refractivity contribution in [3.05, 3.63) is 22.8 Å². The molecule has 2 atom stereocenters. The molecule has 21 heavy (non-hydrogen) atoms.